The van der Waals surface area contributed by atoms with Gasteiger partial charge in [-0.3, -0.25) is 4.79 Å². The molecule has 6 rings (SSSR count). The second-order valence-corrected chi connectivity index (χ2v) is 8.52. The van der Waals surface area contributed by atoms with Crippen molar-refractivity contribution in [1.29, 1.82) is 0 Å². The summed E-state index contributed by atoms with van der Waals surface area (Å²) >= 11 is 0. The molecule has 0 saturated heterocycles. The third kappa shape index (κ3) is 2.21. The van der Waals surface area contributed by atoms with Gasteiger partial charge in [0, 0.05) is 22.6 Å². The predicted octanol–water partition coefficient (Wildman–Crippen LogP) is 2.16. The van der Waals surface area contributed by atoms with Crippen molar-refractivity contribution in [2.45, 2.75) is 51.0 Å². The van der Waals surface area contributed by atoms with Crippen LogP contribution in [0.3, 0.4) is 0 Å². The smallest absolute Gasteiger partial charge is 0.343 e. The maximum absolute atomic E-state index is 14.5. The molecular weight excluding hydrogens is 401 g/mol. The summed E-state index contributed by atoms with van der Waals surface area (Å²) in [6.07, 6.45) is 1.24. The van der Waals surface area contributed by atoms with E-state index in [0.29, 0.717) is 35.3 Å². The van der Waals surface area contributed by atoms with E-state index in [9.17, 15) is 19.1 Å². The lowest BCUT2D eigenvalue weighted by molar-refractivity contribution is -0.172. The fraction of sp³-hybridized carbons (Fsp3) is 0.348. The molecule has 0 unspecified atom stereocenters. The summed E-state index contributed by atoms with van der Waals surface area (Å²) in [6, 6.07) is 4.44. The first-order valence-electron chi connectivity index (χ1n) is 10.4. The Morgan fingerprint density at radius 1 is 1.32 bits per heavy atom. The lowest BCUT2D eigenvalue weighted by Gasteiger charge is -2.31. The van der Waals surface area contributed by atoms with Gasteiger partial charge < -0.3 is 20.1 Å². The Hall–Kier alpha value is -3.10. The molecule has 0 fully saturated rings. The van der Waals surface area contributed by atoms with Crippen molar-refractivity contribution in [3.8, 4) is 11.4 Å². The maximum Gasteiger partial charge on any atom is 0.343 e. The van der Waals surface area contributed by atoms with Gasteiger partial charge in [0.05, 0.1) is 29.0 Å². The predicted molar refractivity (Wildman–Crippen MR) is 110 cm³/mol. The number of cyclic esters (lactones) is 1. The van der Waals surface area contributed by atoms with Crippen LogP contribution in [0.15, 0.2) is 23.0 Å². The minimum Gasteiger partial charge on any atom is -0.458 e. The first-order valence-corrected chi connectivity index (χ1v) is 10.4. The highest BCUT2D eigenvalue weighted by molar-refractivity contribution is 5.92. The molecule has 4 heterocycles. The summed E-state index contributed by atoms with van der Waals surface area (Å²) in [4.78, 5) is 30.4. The quantitative estimate of drug-likeness (QED) is 0.456. The van der Waals surface area contributed by atoms with Crippen LogP contribution >= 0.6 is 0 Å². The highest BCUT2D eigenvalue weighted by Gasteiger charge is 2.45. The second-order valence-electron chi connectivity index (χ2n) is 8.52. The lowest BCUT2D eigenvalue weighted by Crippen LogP contribution is -2.44. The Morgan fingerprint density at radius 2 is 2.13 bits per heavy atom. The van der Waals surface area contributed by atoms with Gasteiger partial charge in [-0.2, -0.15) is 0 Å². The second kappa shape index (κ2) is 5.99. The van der Waals surface area contributed by atoms with E-state index in [0.717, 1.165) is 16.5 Å². The molecule has 7 nitrogen and oxygen atoms in total. The number of aromatic nitrogens is 2. The van der Waals surface area contributed by atoms with Crippen LogP contribution in [0.5, 0.6) is 0 Å². The first-order chi connectivity index (χ1) is 14.8. The molecule has 0 amide bonds. The van der Waals surface area contributed by atoms with Crippen LogP contribution in [0.25, 0.3) is 22.3 Å². The van der Waals surface area contributed by atoms with E-state index in [-0.39, 0.29) is 48.1 Å². The topological polar surface area (TPSA) is 107 Å². The van der Waals surface area contributed by atoms with Gasteiger partial charge in [-0.1, -0.05) is 6.92 Å². The fourth-order valence-electron chi connectivity index (χ4n) is 5.35. The Bertz CT molecular complexity index is 1400. The molecule has 1 aromatic carbocycles. The summed E-state index contributed by atoms with van der Waals surface area (Å²) in [5.41, 5.74) is 8.82. The van der Waals surface area contributed by atoms with Gasteiger partial charge >= 0.3 is 5.97 Å². The van der Waals surface area contributed by atoms with Crippen molar-refractivity contribution in [2.75, 3.05) is 0 Å². The molecule has 1 aliphatic carbocycles. The van der Waals surface area contributed by atoms with Crippen LogP contribution in [0.2, 0.25) is 0 Å². The van der Waals surface area contributed by atoms with E-state index < -0.39 is 11.6 Å². The maximum atomic E-state index is 14.5. The molecule has 2 aliphatic heterocycles. The number of pyridine rings is 2. The number of rotatable bonds is 1. The molecule has 2 aromatic heterocycles. The Labute approximate surface area is 176 Å². The van der Waals surface area contributed by atoms with E-state index in [1.54, 1.807) is 23.6 Å². The van der Waals surface area contributed by atoms with Crippen LogP contribution in [0, 0.1) is 5.82 Å². The van der Waals surface area contributed by atoms with Crippen molar-refractivity contribution in [3.05, 3.63) is 62.2 Å². The normalized spacial score (nSPS) is 23.4. The molecule has 0 radical (unpaired) electrons. The number of fused-ring (bicyclic) bond motifs is 5. The number of benzene rings is 1. The van der Waals surface area contributed by atoms with Gasteiger partial charge in [0.1, 0.15) is 12.4 Å². The molecule has 3 N–H and O–H groups in total. The van der Waals surface area contributed by atoms with E-state index in [4.69, 9.17) is 15.5 Å². The van der Waals surface area contributed by atoms with Gasteiger partial charge in [-0.05, 0) is 48.6 Å². The van der Waals surface area contributed by atoms with Crippen molar-refractivity contribution in [2.24, 2.45) is 5.73 Å². The summed E-state index contributed by atoms with van der Waals surface area (Å²) in [7, 11) is 0. The average Bonchev–Trinajstić information content (AvgIpc) is 3.13. The van der Waals surface area contributed by atoms with Gasteiger partial charge in [0.25, 0.3) is 5.56 Å². The van der Waals surface area contributed by atoms with Crippen molar-refractivity contribution in [1.82, 2.24) is 9.55 Å². The number of nitrogens with two attached hydrogens (primary N) is 1. The third-order valence-corrected chi connectivity index (χ3v) is 7.02. The molecule has 2 atom stereocenters. The lowest BCUT2D eigenvalue weighted by atomic mass is 9.83. The standard InChI is InChI=1S/C23H20FN3O4/c1-2-23(30)13-7-17-20-11(8-27(17)21(28)12(13)9-31-22(23)29)18-15(25)5-3-10-14(24)4-6-16(26-20)19(10)18/h4,6-7,15,30H,2-3,5,8-9,25H2,1H3/t15-,23-/m0/s1. The van der Waals surface area contributed by atoms with Crippen LogP contribution in [0.1, 0.15) is 53.6 Å². The molecule has 0 spiro atoms. The van der Waals surface area contributed by atoms with Gasteiger partial charge in [0.15, 0.2) is 5.60 Å². The number of esters is 1. The van der Waals surface area contributed by atoms with Gasteiger partial charge in [-0.25, -0.2) is 14.2 Å². The van der Waals surface area contributed by atoms with Crippen LogP contribution < -0.4 is 11.3 Å². The number of hydrogen-bond acceptors (Lipinski definition) is 6. The zero-order valence-corrected chi connectivity index (χ0v) is 16.9. The molecular formula is C23H20FN3O4. The molecule has 31 heavy (non-hydrogen) atoms. The number of ether oxygens (including phenoxy) is 1. The molecule has 158 valence electrons. The zero-order valence-electron chi connectivity index (χ0n) is 16.9. The number of carbonyl (C=O) groups excluding carboxylic acids is 1. The first kappa shape index (κ1) is 18.7. The molecule has 3 aliphatic rings. The molecule has 8 heteroatoms. The van der Waals surface area contributed by atoms with E-state index in [1.807, 2.05) is 0 Å². The van der Waals surface area contributed by atoms with Crippen molar-refractivity contribution >= 4 is 16.9 Å². The number of halogens is 1. The fourth-order valence-corrected chi connectivity index (χ4v) is 5.35. The summed E-state index contributed by atoms with van der Waals surface area (Å²) in [6.45, 7) is 1.75. The minimum atomic E-state index is -1.87. The average molecular weight is 421 g/mol. The summed E-state index contributed by atoms with van der Waals surface area (Å²) in [5, 5.41) is 11.7. The molecule has 0 bridgehead atoms. The number of hydrogen-bond donors (Lipinski definition) is 2. The summed E-state index contributed by atoms with van der Waals surface area (Å²) < 4.78 is 21.2. The van der Waals surface area contributed by atoms with E-state index in [1.165, 1.54) is 6.07 Å². The van der Waals surface area contributed by atoms with Crippen LogP contribution in [-0.2, 0) is 34.7 Å². The van der Waals surface area contributed by atoms with Crippen LogP contribution in [-0.4, -0.2) is 20.6 Å². The Kier molecular flexibility index (Phi) is 3.60. The number of aliphatic hydroxyl groups is 1. The Balaban J connectivity index is 1.69. The number of aryl methyl sites for hydroxylation is 1. The molecule has 3 aromatic rings. The van der Waals surface area contributed by atoms with Crippen LogP contribution in [0.4, 0.5) is 4.39 Å². The number of carbonyl (C=O) groups is 1. The highest BCUT2D eigenvalue weighted by Crippen LogP contribution is 2.44. The third-order valence-electron chi connectivity index (χ3n) is 7.02. The minimum absolute atomic E-state index is 0.0818. The van der Waals surface area contributed by atoms with Gasteiger partial charge in [0.2, 0.25) is 0 Å². The van der Waals surface area contributed by atoms with Crippen molar-refractivity contribution < 1.29 is 19.0 Å². The SMILES string of the molecule is CC[C@@]1(O)C(=O)OCc2c1cc1n(c2=O)Cc2c-1nc1ccc(F)c3c1c2[C@@H](N)CC3. The van der Waals surface area contributed by atoms with E-state index in [2.05, 4.69) is 0 Å². The number of nitrogens with zero attached hydrogens (tertiary/aromatic N) is 2. The van der Waals surface area contributed by atoms with E-state index >= 15 is 0 Å². The largest absolute Gasteiger partial charge is 0.458 e. The highest BCUT2D eigenvalue weighted by atomic mass is 19.1. The Morgan fingerprint density at radius 3 is 2.90 bits per heavy atom. The zero-order chi connectivity index (χ0) is 21.7. The molecule has 0 saturated carbocycles. The monoisotopic (exact) mass is 421 g/mol. The van der Waals surface area contributed by atoms with Gasteiger partial charge in [-0.15, -0.1) is 0 Å². The summed E-state index contributed by atoms with van der Waals surface area (Å²) in [5.74, 6) is -1.03. The van der Waals surface area contributed by atoms with Crippen molar-refractivity contribution in [3.63, 3.8) is 0 Å².